The summed E-state index contributed by atoms with van der Waals surface area (Å²) >= 11 is 0. The van der Waals surface area contributed by atoms with Gasteiger partial charge in [0.05, 0.1) is 11.1 Å². The lowest BCUT2D eigenvalue weighted by Crippen LogP contribution is -2.32. The van der Waals surface area contributed by atoms with Crippen molar-refractivity contribution in [1.82, 2.24) is 5.43 Å². The molecular weight excluding hydrogens is 224 g/mol. The molecule has 0 aliphatic carbocycles. The zero-order valence-corrected chi connectivity index (χ0v) is 11.3. The van der Waals surface area contributed by atoms with Crippen molar-refractivity contribution < 1.29 is 4.79 Å². The molecular formula is C15H20N2O. The minimum absolute atomic E-state index is 0.00913. The molecule has 1 saturated heterocycles. The second kappa shape index (κ2) is 4.48. The third-order valence-electron chi connectivity index (χ3n) is 3.51. The van der Waals surface area contributed by atoms with E-state index in [4.69, 9.17) is 0 Å². The topological polar surface area (TPSA) is 32.3 Å². The van der Waals surface area contributed by atoms with Gasteiger partial charge in [0, 0.05) is 5.70 Å². The lowest BCUT2D eigenvalue weighted by Gasteiger charge is -2.21. The predicted octanol–water partition coefficient (Wildman–Crippen LogP) is 3.03. The van der Waals surface area contributed by atoms with Gasteiger partial charge in [0.25, 0.3) is 0 Å². The average molecular weight is 244 g/mol. The molecule has 3 nitrogen and oxygen atoms in total. The highest BCUT2D eigenvalue weighted by Crippen LogP contribution is 2.35. The fourth-order valence-electron chi connectivity index (χ4n) is 2.04. The molecule has 1 aromatic rings. The molecule has 1 aliphatic rings. The maximum absolute atomic E-state index is 11.8. The van der Waals surface area contributed by atoms with Gasteiger partial charge in [-0.3, -0.25) is 15.2 Å². The van der Waals surface area contributed by atoms with Crippen molar-refractivity contribution in [3.8, 4) is 0 Å². The average Bonchev–Trinajstić information content (AvgIpc) is 2.55. The van der Waals surface area contributed by atoms with Gasteiger partial charge in [-0.1, -0.05) is 32.1 Å². The van der Waals surface area contributed by atoms with E-state index in [1.807, 2.05) is 26.0 Å². The number of aryl methyl sites for hydroxylation is 1. The smallest absolute Gasteiger partial charge is 0.250 e. The number of hydrazine groups is 1. The first-order chi connectivity index (χ1) is 8.46. The molecule has 1 heterocycles. The molecule has 18 heavy (non-hydrogen) atoms. The van der Waals surface area contributed by atoms with Crippen molar-refractivity contribution in [2.75, 3.05) is 5.01 Å². The van der Waals surface area contributed by atoms with E-state index in [1.54, 1.807) is 5.01 Å². The van der Waals surface area contributed by atoms with Crippen LogP contribution < -0.4 is 10.4 Å². The molecule has 1 aliphatic heterocycles. The van der Waals surface area contributed by atoms with Crippen LogP contribution in [0.25, 0.3) is 0 Å². The predicted molar refractivity (Wildman–Crippen MR) is 74.0 cm³/mol. The van der Waals surface area contributed by atoms with E-state index in [0.29, 0.717) is 0 Å². The SMILES string of the molecule is C=C1N(c2ccc(CCC)cc2)NC(=O)C1(C)C. The summed E-state index contributed by atoms with van der Waals surface area (Å²) in [5.74, 6) is -0.00913. The second-order valence-electron chi connectivity index (χ2n) is 5.26. The van der Waals surface area contributed by atoms with E-state index in [1.165, 1.54) is 5.56 Å². The van der Waals surface area contributed by atoms with E-state index >= 15 is 0 Å². The zero-order valence-electron chi connectivity index (χ0n) is 11.3. The van der Waals surface area contributed by atoms with Crippen LogP contribution in [0.2, 0.25) is 0 Å². The molecule has 0 unspecified atom stereocenters. The van der Waals surface area contributed by atoms with Crippen LogP contribution in [0.15, 0.2) is 36.5 Å². The van der Waals surface area contributed by atoms with Gasteiger partial charge in [0.15, 0.2) is 0 Å². The summed E-state index contributed by atoms with van der Waals surface area (Å²) in [4.78, 5) is 11.8. The number of anilines is 1. The monoisotopic (exact) mass is 244 g/mol. The van der Waals surface area contributed by atoms with Crippen molar-refractivity contribution in [3.05, 3.63) is 42.1 Å². The first-order valence-electron chi connectivity index (χ1n) is 6.36. The molecule has 0 saturated carbocycles. The molecule has 2 rings (SSSR count). The first-order valence-corrected chi connectivity index (χ1v) is 6.36. The van der Waals surface area contributed by atoms with Gasteiger partial charge < -0.3 is 0 Å². The molecule has 0 aromatic heterocycles. The van der Waals surface area contributed by atoms with E-state index in [2.05, 4.69) is 31.1 Å². The van der Waals surface area contributed by atoms with Gasteiger partial charge >= 0.3 is 0 Å². The number of hydrogen-bond donors (Lipinski definition) is 1. The summed E-state index contributed by atoms with van der Waals surface area (Å²) in [6, 6.07) is 8.25. The third kappa shape index (κ3) is 2.01. The van der Waals surface area contributed by atoms with Crippen LogP contribution >= 0.6 is 0 Å². The largest absolute Gasteiger partial charge is 0.272 e. The van der Waals surface area contributed by atoms with Crippen molar-refractivity contribution in [2.45, 2.75) is 33.6 Å². The molecule has 3 heteroatoms. The minimum atomic E-state index is -0.540. The van der Waals surface area contributed by atoms with Crippen LogP contribution in [0, 0.1) is 5.41 Å². The Bertz CT molecular complexity index is 474. The summed E-state index contributed by atoms with van der Waals surface area (Å²) in [5.41, 5.74) is 5.38. The Labute approximate surface area is 108 Å². The highest BCUT2D eigenvalue weighted by Gasteiger charge is 2.42. The van der Waals surface area contributed by atoms with Gasteiger partial charge in [0.2, 0.25) is 5.91 Å². The Hall–Kier alpha value is -1.77. The summed E-state index contributed by atoms with van der Waals surface area (Å²) < 4.78 is 0. The van der Waals surface area contributed by atoms with Crippen LogP contribution in [-0.4, -0.2) is 5.91 Å². The highest BCUT2D eigenvalue weighted by molar-refractivity contribution is 5.92. The molecule has 0 bridgehead atoms. The summed E-state index contributed by atoms with van der Waals surface area (Å²) in [6.07, 6.45) is 2.22. The van der Waals surface area contributed by atoms with Crippen LogP contribution in [-0.2, 0) is 11.2 Å². The molecule has 0 spiro atoms. The molecule has 1 fully saturated rings. The van der Waals surface area contributed by atoms with Crippen LogP contribution in [0.3, 0.4) is 0 Å². The van der Waals surface area contributed by atoms with Gasteiger partial charge in [-0.15, -0.1) is 0 Å². The highest BCUT2D eigenvalue weighted by atomic mass is 16.2. The Kier molecular flexibility index (Phi) is 3.16. The van der Waals surface area contributed by atoms with Gasteiger partial charge in [-0.2, -0.15) is 0 Å². The number of nitrogens with one attached hydrogen (secondary N) is 1. The summed E-state index contributed by atoms with van der Waals surface area (Å²) in [5, 5.41) is 1.78. The zero-order chi connectivity index (χ0) is 13.3. The Morgan fingerprint density at radius 2 is 1.89 bits per heavy atom. The van der Waals surface area contributed by atoms with Crippen molar-refractivity contribution in [1.29, 1.82) is 0 Å². The number of hydrogen-bond acceptors (Lipinski definition) is 2. The molecule has 0 radical (unpaired) electrons. The molecule has 0 atom stereocenters. The number of rotatable bonds is 3. The number of benzene rings is 1. The number of carbonyl (C=O) groups is 1. The van der Waals surface area contributed by atoms with Crippen LogP contribution in [0.4, 0.5) is 5.69 Å². The van der Waals surface area contributed by atoms with E-state index in [0.717, 1.165) is 24.2 Å². The minimum Gasteiger partial charge on any atom is -0.272 e. The van der Waals surface area contributed by atoms with E-state index < -0.39 is 5.41 Å². The third-order valence-corrected chi connectivity index (χ3v) is 3.51. The number of carbonyl (C=O) groups excluding carboxylic acids is 1. The number of nitrogens with zero attached hydrogens (tertiary/aromatic N) is 1. The molecule has 96 valence electrons. The normalized spacial score (nSPS) is 18.1. The van der Waals surface area contributed by atoms with Crippen LogP contribution in [0.1, 0.15) is 32.8 Å². The van der Waals surface area contributed by atoms with Gasteiger partial charge in [-0.25, -0.2) is 0 Å². The maximum Gasteiger partial charge on any atom is 0.250 e. The Morgan fingerprint density at radius 3 is 2.33 bits per heavy atom. The lowest BCUT2D eigenvalue weighted by atomic mass is 9.90. The van der Waals surface area contributed by atoms with E-state index in [9.17, 15) is 4.79 Å². The fraction of sp³-hybridized carbons (Fsp3) is 0.400. The number of amides is 1. The fourth-order valence-corrected chi connectivity index (χ4v) is 2.04. The molecule has 1 aromatic carbocycles. The Balaban J connectivity index is 2.23. The summed E-state index contributed by atoms with van der Waals surface area (Å²) in [7, 11) is 0. The maximum atomic E-state index is 11.8. The molecule has 1 N–H and O–H groups in total. The van der Waals surface area contributed by atoms with Crippen LogP contribution in [0.5, 0.6) is 0 Å². The van der Waals surface area contributed by atoms with Gasteiger partial charge in [-0.05, 0) is 38.0 Å². The van der Waals surface area contributed by atoms with Crippen molar-refractivity contribution in [2.24, 2.45) is 5.41 Å². The standard InChI is InChI=1S/C15H20N2O/c1-5-6-12-7-9-13(10-8-12)17-11(2)15(3,4)14(18)16-17/h7-10H,2,5-6H2,1,3-4H3,(H,16,18). The van der Waals surface area contributed by atoms with Gasteiger partial charge in [0.1, 0.15) is 0 Å². The Morgan fingerprint density at radius 1 is 1.28 bits per heavy atom. The summed E-state index contributed by atoms with van der Waals surface area (Å²) in [6.45, 7) is 9.95. The first kappa shape index (κ1) is 12.7. The second-order valence-corrected chi connectivity index (χ2v) is 5.26. The molecule has 1 amide bonds. The van der Waals surface area contributed by atoms with E-state index in [-0.39, 0.29) is 5.91 Å². The lowest BCUT2D eigenvalue weighted by molar-refractivity contribution is -0.125. The van der Waals surface area contributed by atoms with Crippen molar-refractivity contribution in [3.63, 3.8) is 0 Å². The quantitative estimate of drug-likeness (QED) is 0.886. The van der Waals surface area contributed by atoms with Crippen molar-refractivity contribution >= 4 is 11.6 Å².